The van der Waals surface area contributed by atoms with Crippen molar-refractivity contribution in [2.24, 2.45) is 11.3 Å². The van der Waals surface area contributed by atoms with Crippen LogP contribution in [-0.4, -0.2) is 29.6 Å². The summed E-state index contributed by atoms with van der Waals surface area (Å²) < 4.78 is 26.0. The molecular weight excluding hydrogens is 459 g/mol. The number of benzene rings is 3. The molecule has 0 radical (unpaired) electrons. The summed E-state index contributed by atoms with van der Waals surface area (Å²) in [6.45, 7) is 3.99. The summed E-state index contributed by atoms with van der Waals surface area (Å²) in [6, 6.07) is 18.8. The average Bonchev–Trinajstić information content (AvgIpc) is 3.39. The Morgan fingerprint density at radius 3 is 2.61 bits per heavy atom. The van der Waals surface area contributed by atoms with Crippen LogP contribution in [0, 0.1) is 28.5 Å². The van der Waals surface area contributed by atoms with E-state index in [0.29, 0.717) is 47.0 Å². The van der Waals surface area contributed by atoms with Gasteiger partial charge in [0.05, 0.1) is 46.5 Å². The number of ether oxygens (including phenoxy) is 2. The van der Waals surface area contributed by atoms with Crippen LogP contribution in [0.3, 0.4) is 0 Å². The molecule has 3 saturated heterocycles. The highest BCUT2D eigenvalue weighted by molar-refractivity contribution is 6.27. The first kappa shape index (κ1) is 22.7. The van der Waals surface area contributed by atoms with Crippen LogP contribution < -0.4 is 9.64 Å². The number of hydrogen-bond donors (Lipinski definition) is 0. The summed E-state index contributed by atoms with van der Waals surface area (Å²) in [5, 5.41) is 10.9. The summed E-state index contributed by atoms with van der Waals surface area (Å²) in [6.07, 6.45) is 1.69. The van der Waals surface area contributed by atoms with Crippen molar-refractivity contribution in [3.05, 3.63) is 72.0 Å². The van der Waals surface area contributed by atoms with Gasteiger partial charge < -0.3 is 9.47 Å². The molecule has 3 aromatic rings. The van der Waals surface area contributed by atoms with E-state index in [9.17, 15) is 19.2 Å². The molecule has 3 heterocycles. The Balaban J connectivity index is 1.38. The van der Waals surface area contributed by atoms with E-state index in [1.807, 2.05) is 38.1 Å². The van der Waals surface area contributed by atoms with Crippen LogP contribution in [-0.2, 0) is 14.3 Å². The van der Waals surface area contributed by atoms with Gasteiger partial charge in [-0.15, -0.1) is 0 Å². The van der Waals surface area contributed by atoms with Gasteiger partial charge in [-0.1, -0.05) is 30.3 Å². The number of rotatable bonds is 5. The van der Waals surface area contributed by atoms with Crippen molar-refractivity contribution >= 4 is 28.3 Å². The minimum absolute atomic E-state index is 0.225. The molecule has 6 rings (SSSR count). The monoisotopic (exact) mass is 484 g/mol. The summed E-state index contributed by atoms with van der Waals surface area (Å²) in [7, 11) is 0. The highest BCUT2D eigenvalue weighted by atomic mass is 19.1. The molecule has 3 aliphatic heterocycles. The topological polar surface area (TPSA) is 79.6 Å². The number of amides is 2. The van der Waals surface area contributed by atoms with E-state index in [0.717, 1.165) is 0 Å². The molecule has 4 atom stereocenters. The molecule has 3 aromatic carbocycles. The minimum atomic E-state index is -1.07. The fraction of sp³-hybridized carbons (Fsp3) is 0.345. The number of carbonyl (C=O) groups excluding carboxylic acids is 2. The predicted molar refractivity (Wildman–Crippen MR) is 131 cm³/mol. The van der Waals surface area contributed by atoms with Gasteiger partial charge in [-0.25, -0.2) is 9.29 Å². The smallest absolute Gasteiger partial charge is 0.243 e. The third-order valence-electron chi connectivity index (χ3n) is 8.54. The number of anilines is 1. The Morgan fingerprint density at radius 2 is 1.86 bits per heavy atom. The molecule has 3 aliphatic rings. The Hall–Kier alpha value is -3.76. The van der Waals surface area contributed by atoms with Crippen molar-refractivity contribution in [3.8, 4) is 11.8 Å². The van der Waals surface area contributed by atoms with Crippen molar-refractivity contribution in [1.82, 2.24) is 0 Å². The van der Waals surface area contributed by atoms with Crippen molar-refractivity contribution in [1.29, 1.82) is 5.26 Å². The van der Waals surface area contributed by atoms with E-state index in [1.54, 1.807) is 24.3 Å². The molecule has 0 saturated carbocycles. The van der Waals surface area contributed by atoms with E-state index in [2.05, 4.69) is 6.07 Å². The fourth-order valence-electron chi connectivity index (χ4n) is 6.86. The molecule has 2 unspecified atom stereocenters. The first-order valence-electron chi connectivity index (χ1n) is 12.1. The van der Waals surface area contributed by atoms with Gasteiger partial charge in [0, 0.05) is 23.3 Å². The first-order chi connectivity index (χ1) is 17.2. The highest BCUT2D eigenvalue weighted by Crippen LogP contribution is 2.68. The lowest BCUT2D eigenvalue weighted by molar-refractivity contribution is -0.138. The summed E-state index contributed by atoms with van der Waals surface area (Å²) in [4.78, 5) is 29.5. The van der Waals surface area contributed by atoms with Crippen molar-refractivity contribution in [2.45, 2.75) is 44.3 Å². The van der Waals surface area contributed by atoms with Crippen molar-refractivity contribution < 1.29 is 23.5 Å². The van der Waals surface area contributed by atoms with Gasteiger partial charge in [-0.05, 0) is 51.0 Å². The molecule has 2 amide bonds. The third-order valence-corrected chi connectivity index (χ3v) is 8.54. The van der Waals surface area contributed by atoms with E-state index in [-0.39, 0.29) is 24.2 Å². The van der Waals surface area contributed by atoms with Gasteiger partial charge in [-0.3, -0.25) is 9.59 Å². The third kappa shape index (κ3) is 2.85. The van der Waals surface area contributed by atoms with E-state index < -0.39 is 22.5 Å². The Morgan fingerprint density at radius 1 is 1.08 bits per heavy atom. The van der Waals surface area contributed by atoms with Crippen LogP contribution in [0.5, 0.6) is 5.75 Å². The SMILES string of the molecule is CC12CCC(CCOc3cccc(F)c3)(O1)[C@@]1(C)C(=O)N(c3ccc(C#N)c4ccccc34)C(=O)[C@@H]21. The maximum Gasteiger partial charge on any atom is 0.243 e. The quantitative estimate of drug-likeness (QED) is 0.469. The maximum atomic E-state index is 14.2. The standard InChI is InChI=1S/C29H25FN2O4/c1-27-12-13-29(36-27,14-15-35-20-7-5-6-19(30)16-20)28(2)24(27)25(33)32(26(28)34)23-11-10-18(17-31)21-8-3-4-9-22(21)23/h3-11,16,24H,12-15H2,1-2H3/t24-,27?,28+,29?/m0/s1. The molecule has 0 N–H and O–H groups in total. The molecule has 2 bridgehead atoms. The molecular formula is C29H25FN2O4. The summed E-state index contributed by atoms with van der Waals surface area (Å²) in [5.41, 5.74) is -1.73. The Kier molecular flexibility index (Phi) is 4.80. The van der Waals surface area contributed by atoms with E-state index in [4.69, 9.17) is 9.47 Å². The van der Waals surface area contributed by atoms with Gasteiger partial charge in [0.1, 0.15) is 11.6 Å². The summed E-state index contributed by atoms with van der Waals surface area (Å²) >= 11 is 0. The van der Waals surface area contributed by atoms with Crippen LogP contribution in [0.25, 0.3) is 10.8 Å². The molecule has 7 heteroatoms. The molecule has 0 spiro atoms. The van der Waals surface area contributed by atoms with Gasteiger partial charge in [0.2, 0.25) is 11.8 Å². The lowest BCUT2D eigenvalue weighted by Gasteiger charge is -2.40. The van der Waals surface area contributed by atoms with Crippen LogP contribution in [0.4, 0.5) is 10.1 Å². The molecule has 0 aliphatic carbocycles. The Bertz CT molecular complexity index is 1480. The first-order valence-corrected chi connectivity index (χ1v) is 12.1. The lowest BCUT2D eigenvalue weighted by Crippen LogP contribution is -2.52. The number of nitriles is 1. The molecule has 182 valence electrons. The second-order valence-corrected chi connectivity index (χ2v) is 10.4. The van der Waals surface area contributed by atoms with Crippen LogP contribution in [0.2, 0.25) is 0 Å². The van der Waals surface area contributed by atoms with E-state index >= 15 is 0 Å². The van der Waals surface area contributed by atoms with Gasteiger partial charge in [0.15, 0.2) is 0 Å². The Labute approximate surface area is 208 Å². The van der Waals surface area contributed by atoms with Gasteiger partial charge in [-0.2, -0.15) is 5.26 Å². The highest BCUT2D eigenvalue weighted by Gasteiger charge is 2.80. The molecule has 6 nitrogen and oxygen atoms in total. The van der Waals surface area contributed by atoms with Crippen LogP contribution in [0.15, 0.2) is 60.7 Å². The lowest BCUT2D eigenvalue weighted by atomic mass is 9.58. The normalized spacial score (nSPS) is 30.6. The van der Waals surface area contributed by atoms with Crippen molar-refractivity contribution in [3.63, 3.8) is 0 Å². The zero-order valence-corrected chi connectivity index (χ0v) is 20.1. The van der Waals surface area contributed by atoms with Crippen LogP contribution >= 0.6 is 0 Å². The van der Waals surface area contributed by atoms with Gasteiger partial charge >= 0.3 is 0 Å². The van der Waals surface area contributed by atoms with E-state index in [1.165, 1.54) is 17.0 Å². The second kappa shape index (κ2) is 7.62. The van der Waals surface area contributed by atoms with Gasteiger partial charge in [0.25, 0.3) is 0 Å². The average molecular weight is 485 g/mol. The largest absolute Gasteiger partial charge is 0.493 e. The zero-order valence-electron chi connectivity index (χ0n) is 20.1. The zero-order chi connectivity index (χ0) is 25.3. The second-order valence-electron chi connectivity index (χ2n) is 10.4. The number of carbonyl (C=O) groups is 2. The number of imide groups is 1. The number of hydrogen-bond acceptors (Lipinski definition) is 5. The number of nitrogens with zero attached hydrogens (tertiary/aromatic N) is 2. The molecule has 0 aromatic heterocycles. The predicted octanol–water partition coefficient (Wildman–Crippen LogP) is 5.14. The van der Waals surface area contributed by atoms with Crippen molar-refractivity contribution in [2.75, 3.05) is 11.5 Å². The van der Waals surface area contributed by atoms with Crippen LogP contribution in [0.1, 0.15) is 38.7 Å². The molecule has 36 heavy (non-hydrogen) atoms. The minimum Gasteiger partial charge on any atom is -0.493 e. The number of halogens is 1. The number of fused-ring (bicyclic) bond motifs is 6. The maximum absolute atomic E-state index is 14.2. The fourth-order valence-corrected chi connectivity index (χ4v) is 6.86. The summed E-state index contributed by atoms with van der Waals surface area (Å²) in [5.74, 6) is -1.17. The molecule has 3 fully saturated rings.